The summed E-state index contributed by atoms with van der Waals surface area (Å²) in [4.78, 5) is 28.1. The number of hydrogen-bond acceptors (Lipinski definition) is 4. The Morgan fingerprint density at radius 2 is 1.88 bits per heavy atom. The van der Waals surface area contributed by atoms with E-state index in [4.69, 9.17) is 21.4 Å². The lowest BCUT2D eigenvalue weighted by Crippen LogP contribution is -2.50. The molecule has 0 saturated heterocycles. The third kappa shape index (κ3) is 5.02. The van der Waals surface area contributed by atoms with E-state index in [2.05, 4.69) is 22.1 Å². The minimum absolute atomic E-state index is 0.0584. The van der Waals surface area contributed by atoms with E-state index in [0.717, 1.165) is 36.1 Å². The Morgan fingerprint density at radius 3 is 2.45 bits per heavy atom. The van der Waals surface area contributed by atoms with E-state index in [9.17, 15) is 9.59 Å². The van der Waals surface area contributed by atoms with Crippen molar-refractivity contribution in [2.24, 2.45) is 0 Å². The van der Waals surface area contributed by atoms with Crippen LogP contribution in [0.25, 0.3) is 0 Å². The first-order chi connectivity index (χ1) is 15.9. The Kier molecular flexibility index (Phi) is 6.38. The van der Waals surface area contributed by atoms with Gasteiger partial charge in [-0.25, -0.2) is 9.78 Å². The van der Waals surface area contributed by atoms with Crippen LogP contribution in [0, 0.1) is 11.8 Å². The van der Waals surface area contributed by atoms with Gasteiger partial charge in [0, 0.05) is 11.8 Å². The SMILES string of the molecule is COc1ccc(Cn2cc(Cl)nc(C#Cc3ccc(C4(NC(=O)O)CCC4)cc3)c2=O)cc1. The summed E-state index contributed by atoms with van der Waals surface area (Å²) in [6.45, 7) is 0.326. The first-order valence-electron chi connectivity index (χ1n) is 10.4. The highest BCUT2D eigenvalue weighted by Crippen LogP contribution is 2.41. The number of halogens is 1. The molecule has 0 radical (unpaired) electrons. The molecule has 2 N–H and O–H groups in total. The Morgan fingerprint density at radius 1 is 1.18 bits per heavy atom. The van der Waals surface area contributed by atoms with Crippen molar-refractivity contribution in [3.05, 3.63) is 92.6 Å². The van der Waals surface area contributed by atoms with Crippen LogP contribution in [0.3, 0.4) is 0 Å². The Labute approximate surface area is 196 Å². The largest absolute Gasteiger partial charge is 0.497 e. The number of nitrogens with one attached hydrogen (secondary N) is 1. The summed E-state index contributed by atoms with van der Waals surface area (Å²) in [5.74, 6) is 6.51. The van der Waals surface area contributed by atoms with Gasteiger partial charge < -0.3 is 19.7 Å². The fourth-order valence-electron chi connectivity index (χ4n) is 3.86. The molecule has 1 saturated carbocycles. The molecule has 4 rings (SSSR count). The molecule has 0 spiro atoms. The van der Waals surface area contributed by atoms with Crippen LogP contribution in [0.5, 0.6) is 5.75 Å². The Bertz CT molecular complexity index is 1280. The van der Waals surface area contributed by atoms with Crippen LogP contribution < -0.4 is 15.6 Å². The number of carboxylic acid groups (broad SMARTS) is 1. The lowest BCUT2D eigenvalue weighted by molar-refractivity contribution is 0.144. The maximum absolute atomic E-state index is 12.9. The highest BCUT2D eigenvalue weighted by Gasteiger charge is 2.40. The van der Waals surface area contributed by atoms with Gasteiger partial charge in [-0.05, 0) is 60.6 Å². The normalized spacial score (nSPS) is 13.9. The van der Waals surface area contributed by atoms with Gasteiger partial charge in [0.25, 0.3) is 5.56 Å². The lowest BCUT2D eigenvalue weighted by Gasteiger charge is -2.42. The van der Waals surface area contributed by atoms with Crippen molar-refractivity contribution >= 4 is 17.7 Å². The number of carbonyl (C=O) groups is 1. The number of rotatable bonds is 5. The molecule has 1 heterocycles. The fraction of sp³-hybridized carbons (Fsp3) is 0.240. The topological polar surface area (TPSA) is 93.4 Å². The van der Waals surface area contributed by atoms with E-state index in [-0.39, 0.29) is 16.4 Å². The molecule has 1 amide bonds. The number of methoxy groups -OCH3 is 1. The standard InChI is InChI=1S/C25H22ClN3O4/c1-33-20-10-5-18(6-11-20)15-29-16-22(26)27-21(23(29)30)12-7-17-3-8-19(9-4-17)25(13-2-14-25)28-24(31)32/h3-6,8-11,16,28H,2,13-15H2,1H3,(H,31,32). The molecule has 1 aliphatic rings. The molecule has 33 heavy (non-hydrogen) atoms. The van der Waals surface area contributed by atoms with Crippen LogP contribution in [-0.2, 0) is 12.1 Å². The number of nitrogens with zero attached hydrogens (tertiary/aromatic N) is 2. The van der Waals surface area contributed by atoms with Gasteiger partial charge in [0.05, 0.1) is 19.2 Å². The first kappa shape index (κ1) is 22.4. The van der Waals surface area contributed by atoms with Crippen LogP contribution in [-0.4, -0.2) is 27.9 Å². The van der Waals surface area contributed by atoms with E-state index < -0.39 is 11.6 Å². The molecular formula is C25H22ClN3O4. The van der Waals surface area contributed by atoms with Gasteiger partial charge in [0.1, 0.15) is 10.9 Å². The van der Waals surface area contributed by atoms with E-state index in [1.54, 1.807) is 7.11 Å². The first-order valence-corrected chi connectivity index (χ1v) is 10.8. The van der Waals surface area contributed by atoms with E-state index >= 15 is 0 Å². The molecule has 1 fully saturated rings. The van der Waals surface area contributed by atoms with Gasteiger partial charge in [0.2, 0.25) is 0 Å². The van der Waals surface area contributed by atoms with Gasteiger partial charge in [-0.15, -0.1) is 0 Å². The maximum Gasteiger partial charge on any atom is 0.405 e. The molecule has 7 nitrogen and oxygen atoms in total. The van der Waals surface area contributed by atoms with Gasteiger partial charge in [-0.1, -0.05) is 41.8 Å². The van der Waals surface area contributed by atoms with Gasteiger partial charge in [-0.2, -0.15) is 0 Å². The molecule has 1 aromatic heterocycles. The Hall–Kier alpha value is -3.76. The minimum Gasteiger partial charge on any atom is -0.497 e. The molecule has 0 atom stereocenters. The summed E-state index contributed by atoms with van der Waals surface area (Å²) >= 11 is 6.14. The summed E-state index contributed by atoms with van der Waals surface area (Å²) in [6, 6.07) is 14.8. The average molecular weight is 464 g/mol. The number of hydrogen-bond donors (Lipinski definition) is 2. The summed E-state index contributed by atoms with van der Waals surface area (Å²) in [6.07, 6.45) is 2.97. The second kappa shape index (κ2) is 9.39. The molecule has 2 aromatic carbocycles. The highest BCUT2D eigenvalue weighted by atomic mass is 35.5. The maximum atomic E-state index is 12.9. The van der Waals surface area contributed by atoms with Crippen molar-refractivity contribution in [2.75, 3.05) is 7.11 Å². The van der Waals surface area contributed by atoms with Crippen molar-refractivity contribution in [1.29, 1.82) is 0 Å². The van der Waals surface area contributed by atoms with Crippen molar-refractivity contribution in [3.8, 4) is 17.6 Å². The number of ether oxygens (including phenoxy) is 1. The van der Waals surface area contributed by atoms with Crippen molar-refractivity contribution < 1.29 is 14.6 Å². The monoisotopic (exact) mass is 463 g/mol. The second-order valence-corrected chi connectivity index (χ2v) is 8.27. The number of benzene rings is 2. The molecule has 0 bridgehead atoms. The number of aromatic nitrogens is 2. The highest BCUT2D eigenvalue weighted by molar-refractivity contribution is 6.29. The number of amides is 1. The predicted molar refractivity (Wildman–Crippen MR) is 125 cm³/mol. The third-order valence-electron chi connectivity index (χ3n) is 5.77. The molecule has 3 aromatic rings. The zero-order valence-electron chi connectivity index (χ0n) is 18.0. The van der Waals surface area contributed by atoms with Gasteiger partial charge in [-0.3, -0.25) is 4.79 Å². The summed E-state index contributed by atoms with van der Waals surface area (Å²) in [5.41, 5.74) is 1.70. The summed E-state index contributed by atoms with van der Waals surface area (Å²) in [5, 5.41) is 12.0. The van der Waals surface area contributed by atoms with E-state index in [1.165, 1.54) is 10.8 Å². The summed E-state index contributed by atoms with van der Waals surface area (Å²) < 4.78 is 6.63. The molecule has 1 aliphatic carbocycles. The van der Waals surface area contributed by atoms with Crippen molar-refractivity contribution in [1.82, 2.24) is 14.9 Å². The molecular weight excluding hydrogens is 442 g/mol. The zero-order valence-corrected chi connectivity index (χ0v) is 18.7. The quantitative estimate of drug-likeness (QED) is 0.558. The lowest BCUT2D eigenvalue weighted by atomic mass is 9.72. The van der Waals surface area contributed by atoms with Crippen LogP contribution >= 0.6 is 11.6 Å². The fourth-order valence-corrected chi connectivity index (χ4v) is 4.06. The van der Waals surface area contributed by atoms with E-state index in [1.807, 2.05) is 48.5 Å². The van der Waals surface area contributed by atoms with Gasteiger partial charge >= 0.3 is 6.09 Å². The second-order valence-electron chi connectivity index (χ2n) is 7.89. The van der Waals surface area contributed by atoms with Crippen LogP contribution in [0.15, 0.2) is 59.5 Å². The van der Waals surface area contributed by atoms with Gasteiger partial charge in [0.15, 0.2) is 5.69 Å². The Balaban J connectivity index is 1.55. The van der Waals surface area contributed by atoms with Crippen LogP contribution in [0.1, 0.15) is 41.6 Å². The molecule has 8 heteroatoms. The van der Waals surface area contributed by atoms with Crippen molar-refractivity contribution in [2.45, 2.75) is 31.3 Å². The molecule has 0 aliphatic heterocycles. The third-order valence-corrected chi connectivity index (χ3v) is 5.95. The smallest absolute Gasteiger partial charge is 0.405 e. The molecule has 168 valence electrons. The average Bonchev–Trinajstić information content (AvgIpc) is 2.78. The van der Waals surface area contributed by atoms with Crippen LogP contribution in [0.4, 0.5) is 4.79 Å². The molecule has 0 unspecified atom stereocenters. The van der Waals surface area contributed by atoms with Crippen LogP contribution in [0.2, 0.25) is 5.15 Å². The zero-order chi connectivity index (χ0) is 23.4. The minimum atomic E-state index is -1.03. The van der Waals surface area contributed by atoms with E-state index in [0.29, 0.717) is 12.1 Å². The van der Waals surface area contributed by atoms with Crippen molar-refractivity contribution in [3.63, 3.8) is 0 Å². The predicted octanol–water partition coefficient (Wildman–Crippen LogP) is 4.00. The summed E-state index contributed by atoms with van der Waals surface area (Å²) in [7, 11) is 1.60.